The van der Waals surface area contributed by atoms with Gasteiger partial charge in [-0.2, -0.15) is 0 Å². The quantitative estimate of drug-likeness (QED) is 0.233. The highest BCUT2D eigenvalue weighted by molar-refractivity contribution is 6.67. The van der Waals surface area contributed by atoms with E-state index < -0.39 is 11.7 Å². The van der Waals surface area contributed by atoms with Crippen LogP contribution in [0.2, 0.25) is 0 Å². The van der Waals surface area contributed by atoms with Crippen molar-refractivity contribution < 1.29 is 19.0 Å². The summed E-state index contributed by atoms with van der Waals surface area (Å²) >= 11 is 5.64. The number of halogens is 1. The number of carbonyl (C=O) groups is 1. The third kappa shape index (κ3) is 4.34. The van der Waals surface area contributed by atoms with E-state index in [1.807, 2.05) is 19.1 Å². The van der Waals surface area contributed by atoms with Crippen LogP contribution in [0.4, 0.5) is 0 Å². The Kier molecular flexibility index (Phi) is 6.31. The van der Waals surface area contributed by atoms with E-state index in [0.29, 0.717) is 12.2 Å². The summed E-state index contributed by atoms with van der Waals surface area (Å²) in [7, 11) is 1.63. The first-order valence-electron chi connectivity index (χ1n) is 13.2. The number of benzene rings is 3. The molecule has 4 aliphatic rings. The topological polar surface area (TPSA) is 44.8 Å². The maximum atomic E-state index is 11.5. The number of rotatable bonds is 8. The molecule has 1 atom stereocenters. The molecule has 4 fully saturated rings. The molecule has 4 nitrogen and oxygen atoms in total. The standard InChI is InChI=1S/C31H33ClO4/c1-3-35-30(34-2)36-28-15-25-9-8-24(22-4-6-23(7-5-22)29(32)33)13-26(25)14-27(28)31-16-19-10-20(17-31)12-21(11-19)18-31/h4-9,13-15,19-21,30H,3,10-12,16-18H2,1-2H3. The van der Waals surface area contributed by atoms with E-state index in [1.54, 1.807) is 19.2 Å². The van der Waals surface area contributed by atoms with Gasteiger partial charge in [-0.1, -0.05) is 24.3 Å². The third-order valence-corrected chi connectivity index (χ3v) is 8.93. The van der Waals surface area contributed by atoms with Gasteiger partial charge >= 0.3 is 6.48 Å². The Balaban J connectivity index is 1.44. The van der Waals surface area contributed by atoms with Crippen molar-refractivity contribution in [2.24, 2.45) is 17.8 Å². The van der Waals surface area contributed by atoms with Crippen LogP contribution in [0.25, 0.3) is 21.9 Å². The van der Waals surface area contributed by atoms with Crippen molar-refractivity contribution in [2.45, 2.75) is 57.3 Å². The minimum Gasteiger partial charge on any atom is -0.441 e. The molecule has 3 aromatic carbocycles. The summed E-state index contributed by atoms with van der Waals surface area (Å²) in [6.07, 6.45) is 7.94. The van der Waals surface area contributed by atoms with Gasteiger partial charge in [0.25, 0.3) is 5.24 Å². The number of carbonyl (C=O) groups excluding carboxylic acids is 1. The van der Waals surface area contributed by atoms with E-state index in [2.05, 4.69) is 30.3 Å². The summed E-state index contributed by atoms with van der Waals surface area (Å²) in [6, 6.07) is 18.5. The molecule has 36 heavy (non-hydrogen) atoms. The van der Waals surface area contributed by atoms with Gasteiger partial charge in [-0.05, 0) is 132 Å². The Morgan fingerprint density at radius 2 is 1.56 bits per heavy atom. The average Bonchev–Trinajstić information content (AvgIpc) is 2.87. The average molecular weight is 505 g/mol. The lowest BCUT2D eigenvalue weighted by Gasteiger charge is -2.57. The van der Waals surface area contributed by atoms with Crippen molar-refractivity contribution in [3.8, 4) is 16.9 Å². The summed E-state index contributed by atoms with van der Waals surface area (Å²) in [6.45, 7) is 1.76. The van der Waals surface area contributed by atoms with Crippen molar-refractivity contribution >= 4 is 27.6 Å². The van der Waals surface area contributed by atoms with E-state index in [-0.39, 0.29) is 5.41 Å². The lowest BCUT2D eigenvalue weighted by molar-refractivity contribution is -0.231. The van der Waals surface area contributed by atoms with Gasteiger partial charge in [0.1, 0.15) is 5.75 Å². The summed E-state index contributed by atoms with van der Waals surface area (Å²) < 4.78 is 17.6. The van der Waals surface area contributed by atoms with E-state index in [9.17, 15) is 4.79 Å². The number of methoxy groups -OCH3 is 1. The summed E-state index contributed by atoms with van der Waals surface area (Å²) in [5.74, 6) is 3.39. The van der Waals surface area contributed by atoms with Crippen molar-refractivity contribution in [2.75, 3.05) is 13.7 Å². The highest BCUT2D eigenvalue weighted by atomic mass is 35.5. The molecule has 4 bridgehead atoms. The van der Waals surface area contributed by atoms with Gasteiger partial charge in [-0.15, -0.1) is 0 Å². The van der Waals surface area contributed by atoms with Crippen LogP contribution in [0.15, 0.2) is 54.6 Å². The largest absolute Gasteiger partial charge is 0.441 e. The van der Waals surface area contributed by atoms with E-state index in [1.165, 1.54) is 49.5 Å². The second-order valence-electron chi connectivity index (χ2n) is 11.1. The highest BCUT2D eigenvalue weighted by Gasteiger charge is 2.52. The molecule has 0 aliphatic heterocycles. The normalized spacial score (nSPS) is 27.4. The monoisotopic (exact) mass is 504 g/mol. The fourth-order valence-electron chi connectivity index (χ4n) is 7.59. The second kappa shape index (κ2) is 9.48. The maximum Gasteiger partial charge on any atom is 0.315 e. The Bertz CT molecular complexity index is 1250. The zero-order valence-corrected chi connectivity index (χ0v) is 21.7. The van der Waals surface area contributed by atoms with Crippen molar-refractivity contribution in [1.82, 2.24) is 0 Å². The molecular weight excluding hydrogens is 472 g/mol. The minimum atomic E-state index is -0.720. The van der Waals surface area contributed by atoms with Crippen LogP contribution in [-0.2, 0) is 14.9 Å². The second-order valence-corrected chi connectivity index (χ2v) is 11.4. The molecule has 4 saturated carbocycles. The van der Waals surface area contributed by atoms with Crippen LogP contribution in [0.3, 0.4) is 0 Å². The molecule has 0 amide bonds. The number of hydrogen-bond acceptors (Lipinski definition) is 4. The van der Waals surface area contributed by atoms with Crippen molar-refractivity contribution in [1.29, 1.82) is 0 Å². The number of fused-ring (bicyclic) bond motifs is 1. The van der Waals surface area contributed by atoms with Gasteiger partial charge in [0.05, 0.1) is 6.61 Å². The first kappa shape index (κ1) is 24.0. The third-order valence-electron chi connectivity index (χ3n) is 8.71. The Labute approximate surface area is 217 Å². The maximum absolute atomic E-state index is 11.5. The molecular formula is C31H33ClO4. The molecule has 188 valence electrons. The molecule has 0 saturated heterocycles. The predicted octanol–water partition coefficient (Wildman–Crippen LogP) is 7.70. The zero-order chi connectivity index (χ0) is 24.9. The van der Waals surface area contributed by atoms with Crippen LogP contribution in [0.5, 0.6) is 5.75 Å². The molecule has 0 N–H and O–H groups in total. The molecule has 1 unspecified atom stereocenters. The van der Waals surface area contributed by atoms with Gasteiger partial charge in [0, 0.05) is 18.2 Å². The van der Waals surface area contributed by atoms with Gasteiger partial charge < -0.3 is 14.2 Å². The van der Waals surface area contributed by atoms with E-state index >= 15 is 0 Å². The molecule has 0 spiro atoms. The van der Waals surface area contributed by atoms with E-state index in [0.717, 1.165) is 40.0 Å². The zero-order valence-electron chi connectivity index (χ0n) is 21.0. The predicted molar refractivity (Wildman–Crippen MR) is 142 cm³/mol. The van der Waals surface area contributed by atoms with Crippen LogP contribution < -0.4 is 4.74 Å². The molecule has 4 aliphatic carbocycles. The number of ether oxygens (including phenoxy) is 3. The molecule has 0 radical (unpaired) electrons. The van der Waals surface area contributed by atoms with Gasteiger partial charge in [0.15, 0.2) is 0 Å². The Morgan fingerprint density at radius 1 is 0.917 bits per heavy atom. The van der Waals surface area contributed by atoms with E-state index in [4.69, 9.17) is 25.8 Å². The lowest BCUT2D eigenvalue weighted by atomic mass is 9.48. The molecule has 5 heteroatoms. The summed E-state index contributed by atoms with van der Waals surface area (Å²) in [4.78, 5) is 11.5. The SMILES string of the molecule is CCOC(OC)Oc1cc2ccc(-c3ccc(C(=O)Cl)cc3)cc2cc1C12CC3CC(CC(C3)C1)C2. The Morgan fingerprint density at radius 3 is 2.14 bits per heavy atom. The molecule has 7 rings (SSSR count). The smallest absolute Gasteiger partial charge is 0.315 e. The lowest BCUT2D eigenvalue weighted by Crippen LogP contribution is -2.48. The van der Waals surface area contributed by atoms with Gasteiger partial charge in [0.2, 0.25) is 0 Å². The summed E-state index contributed by atoms with van der Waals surface area (Å²) in [5, 5.41) is 1.89. The van der Waals surface area contributed by atoms with Crippen LogP contribution >= 0.6 is 11.6 Å². The Hall–Kier alpha value is -2.40. The number of hydrogen-bond donors (Lipinski definition) is 0. The van der Waals surface area contributed by atoms with Crippen molar-refractivity contribution in [3.63, 3.8) is 0 Å². The van der Waals surface area contributed by atoms with Crippen LogP contribution in [0, 0.1) is 17.8 Å². The molecule has 0 heterocycles. The summed E-state index contributed by atoms with van der Waals surface area (Å²) in [5.41, 5.74) is 4.17. The first-order chi connectivity index (χ1) is 17.5. The fourth-order valence-corrected chi connectivity index (χ4v) is 7.72. The minimum absolute atomic E-state index is 0.168. The first-order valence-corrected chi connectivity index (χ1v) is 13.5. The fraction of sp³-hybridized carbons (Fsp3) is 0.452. The highest BCUT2D eigenvalue weighted by Crippen LogP contribution is 2.62. The van der Waals surface area contributed by atoms with Gasteiger partial charge in [-0.25, -0.2) is 0 Å². The van der Waals surface area contributed by atoms with Crippen LogP contribution in [0.1, 0.15) is 61.4 Å². The van der Waals surface area contributed by atoms with Crippen molar-refractivity contribution in [3.05, 3.63) is 65.7 Å². The van der Waals surface area contributed by atoms with Gasteiger partial charge in [-0.3, -0.25) is 4.79 Å². The molecule has 3 aromatic rings. The molecule has 0 aromatic heterocycles. The van der Waals surface area contributed by atoms with Crippen LogP contribution in [-0.4, -0.2) is 25.4 Å².